The average Bonchev–Trinajstić information content (AvgIpc) is 3.28. The molecule has 2 aromatic rings. The van der Waals surface area contributed by atoms with E-state index in [1.165, 1.54) is 11.1 Å². The molecule has 5 rings (SSSR count). The van der Waals surface area contributed by atoms with Crippen LogP contribution in [0.2, 0.25) is 0 Å². The molecule has 178 valence electrons. The maximum Gasteiger partial charge on any atom is 0.222 e. The van der Waals surface area contributed by atoms with Gasteiger partial charge in [-0.05, 0) is 41.7 Å². The highest BCUT2D eigenvalue weighted by Crippen LogP contribution is 2.47. The van der Waals surface area contributed by atoms with Gasteiger partial charge in [0.05, 0.1) is 13.2 Å². The number of aryl methyl sites for hydroxylation is 1. The second kappa shape index (κ2) is 8.00. The van der Waals surface area contributed by atoms with Crippen LogP contribution in [0.4, 0.5) is 0 Å². The second-order valence-electron chi connectivity index (χ2n) is 11.1. The van der Waals surface area contributed by atoms with Crippen LogP contribution in [0.5, 0.6) is 0 Å². The van der Waals surface area contributed by atoms with Crippen molar-refractivity contribution in [2.45, 2.75) is 76.4 Å². The first-order valence-electron chi connectivity index (χ1n) is 12.4. The van der Waals surface area contributed by atoms with Crippen LogP contribution in [0, 0.1) is 6.92 Å². The quantitative estimate of drug-likeness (QED) is 0.433. The van der Waals surface area contributed by atoms with Gasteiger partial charge in [0.2, 0.25) is 5.79 Å². The lowest BCUT2D eigenvalue weighted by molar-refractivity contribution is -0.131. The fourth-order valence-electron chi connectivity index (χ4n) is 5.79. The van der Waals surface area contributed by atoms with E-state index in [1.807, 2.05) is 24.3 Å². The van der Waals surface area contributed by atoms with Gasteiger partial charge in [-0.25, -0.2) is 0 Å². The lowest BCUT2D eigenvalue weighted by Crippen LogP contribution is -2.34. The third-order valence-corrected chi connectivity index (χ3v) is 7.83. The number of hydrogen-bond donors (Lipinski definition) is 0. The highest BCUT2D eigenvalue weighted by molar-refractivity contribution is 6.09. The molecule has 2 aromatic carbocycles. The van der Waals surface area contributed by atoms with E-state index in [0.29, 0.717) is 32.5 Å². The number of benzene rings is 2. The normalized spacial score (nSPS) is 23.2. The Morgan fingerprint density at radius 2 is 1.29 bits per heavy atom. The molecule has 4 nitrogen and oxygen atoms in total. The minimum absolute atomic E-state index is 0.0236. The molecule has 1 saturated carbocycles. The average molecular weight is 459 g/mol. The summed E-state index contributed by atoms with van der Waals surface area (Å²) < 4.78 is 12.7. The number of hydrogen-bond acceptors (Lipinski definition) is 4. The van der Waals surface area contributed by atoms with Crippen molar-refractivity contribution in [1.82, 2.24) is 0 Å². The molecule has 1 aliphatic heterocycles. The van der Waals surface area contributed by atoms with E-state index >= 15 is 0 Å². The summed E-state index contributed by atoms with van der Waals surface area (Å²) in [4.78, 5) is 24.9. The molecule has 0 bridgehead atoms. The summed E-state index contributed by atoms with van der Waals surface area (Å²) in [5, 5.41) is 0. The van der Waals surface area contributed by atoms with E-state index in [1.54, 1.807) is 0 Å². The highest BCUT2D eigenvalue weighted by Gasteiger charge is 2.44. The van der Waals surface area contributed by atoms with Gasteiger partial charge in [0.1, 0.15) is 17.5 Å². The van der Waals surface area contributed by atoms with Crippen molar-refractivity contribution < 1.29 is 19.1 Å². The first-order valence-corrected chi connectivity index (χ1v) is 12.4. The van der Waals surface area contributed by atoms with Gasteiger partial charge in [0.15, 0.2) is 0 Å². The molecule has 2 aliphatic carbocycles. The molecule has 0 atom stereocenters. The standard InChI is InChI=1S/C30H34O4/c1-19-17-23-24(29(4,5)14-13-28(23,2)3)18-22(19)30(33-15-16-34-30)21-11-9-20(10-12-21)27-25(31)7-6-8-26(27)32/h9-14,17-18,27H,6-8,15-16H2,1-5H3. The van der Waals surface area contributed by atoms with Crippen LogP contribution in [0.15, 0.2) is 48.6 Å². The molecule has 2 fully saturated rings. The van der Waals surface area contributed by atoms with Crippen molar-refractivity contribution >= 4 is 11.6 Å². The van der Waals surface area contributed by atoms with Gasteiger partial charge in [-0.2, -0.15) is 0 Å². The molecule has 0 aromatic heterocycles. The number of allylic oxidation sites excluding steroid dienone is 2. The Kier molecular flexibility index (Phi) is 5.46. The SMILES string of the molecule is Cc1cc2c(cc1C1(c3ccc(C4C(=O)CCCC4=O)cc3)OCCO1)C(C)(C)C=CC2(C)C. The summed E-state index contributed by atoms with van der Waals surface area (Å²) in [6.07, 6.45) is 6.22. The van der Waals surface area contributed by atoms with Gasteiger partial charge in [-0.1, -0.05) is 70.2 Å². The molecular weight excluding hydrogens is 424 g/mol. The molecule has 1 heterocycles. The van der Waals surface area contributed by atoms with E-state index < -0.39 is 11.7 Å². The van der Waals surface area contributed by atoms with E-state index in [4.69, 9.17) is 9.47 Å². The molecule has 0 spiro atoms. The number of Topliss-reactive ketones (excluding diaryl/α,β-unsaturated/α-hetero) is 2. The lowest BCUT2D eigenvalue weighted by Gasteiger charge is -2.39. The zero-order valence-electron chi connectivity index (χ0n) is 20.9. The number of carbonyl (C=O) groups excluding carboxylic acids is 2. The predicted octanol–water partition coefficient (Wildman–Crippen LogP) is 5.77. The van der Waals surface area contributed by atoms with E-state index in [0.717, 1.165) is 22.3 Å². The zero-order valence-corrected chi connectivity index (χ0v) is 20.9. The fraction of sp³-hybridized carbons (Fsp3) is 0.467. The Balaban J connectivity index is 1.60. The Bertz CT molecular complexity index is 1160. The summed E-state index contributed by atoms with van der Waals surface area (Å²) in [6.45, 7) is 12.1. The third-order valence-electron chi connectivity index (χ3n) is 7.83. The molecule has 0 radical (unpaired) electrons. The molecule has 4 heteroatoms. The second-order valence-corrected chi connectivity index (χ2v) is 11.1. The molecule has 1 saturated heterocycles. The maximum atomic E-state index is 12.4. The first-order chi connectivity index (χ1) is 16.1. The number of rotatable bonds is 3. The Morgan fingerprint density at radius 3 is 1.85 bits per heavy atom. The minimum atomic E-state index is -1.00. The van der Waals surface area contributed by atoms with Gasteiger partial charge in [0.25, 0.3) is 0 Å². The van der Waals surface area contributed by atoms with Gasteiger partial charge in [0, 0.05) is 34.8 Å². The van der Waals surface area contributed by atoms with Crippen molar-refractivity contribution in [3.63, 3.8) is 0 Å². The van der Waals surface area contributed by atoms with Crippen molar-refractivity contribution in [3.05, 3.63) is 81.9 Å². The van der Waals surface area contributed by atoms with Crippen molar-refractivity contribution in [1.29, 1.82) is 0 Å². The molecule has 0 amide bonds. The third kappa shape index (κ3) is 3.59. The van der Waals surface area contributed by atoms with Crippen LogP contribution in [-0.2, 0) is 35.7 Å². The minimum Gasteiger partial charge on any atom is -0.340 e. The summed E-state index contributed by atoms with van der Waals surface area (Å²) in [5.74, 6) is -1.59. The van der Waals surface area contributed by atoms with Gasteiger partial charge < -0.3 is 9.47 Å². The van der Waals surface area contributed by atoms with Crippen LogP contribution >= 0.6 is 0 Å². The first kappa shape index (κ1) is 23.2. The van der Waals surface area contributed by atoms with Crippen LogP contribution in [0.1, 0.15) is 86.3 Å². The van der Waals surface area contributed by atoms with E-state index in [9.17, 15) is 9.59 Å². The molecule has 3 aliphatic rings. The Hall–Kier alpha value is -2.56. The molecule has 34 heavy (non-hydrogen) atoms. The van der Waals surface area contributed by atoms with Crippen LogP contribution in [0.25, 0.3) is 0 Å². The summed E-state index contributed by atoms with van der Waals surface area (Å²) in [5.41, 5.74) is 6.27. The topological polar surface area (TPSA) is 52.6 Å². The van der Waals surface area contributed by atoms with Crippen molar-refractivity contribution in [2.75, 3.05) is 13.2 Å². The fourth-order valence-corrected chi connectivity index (χ4v) is 5.79. The van der Waals surface area contributed by atoms with Crippen LogP contribution in [-0.4, -0.2) is 24.8 Å². The number of carbonyl (C=O) groups is 2. The smallest absolute Gasteiger partial charge is 0.222 e. The Labute approximate surface area is 202 Å². The summed E-state index contributed by atoms with van der Waals surface area (Å²) in [6, 6.07) is 12.3. The van der Waals surface area contributed by atoms with Crippen LogP contribution < -0.4 is 0 Å². The monoisotopic (exact) mass is 458 g/mol. The van der Waals surface area contributed by atoms with E-state index in [2.05, 4.69) is 58.9 Å². The summed E-state index contributed by atoms with van der Waals surface area (Å²) in [7, 11) is 0. The van der Waals surface area contributed by atoms with Crippen molar-refractivity contribution in [2.24, 2.45) is 0 Å². The van der Waals surface area contributed by atoms with Gasteiger partial charge in [-0.3, -0.25) is 9.59 Å². The summed E-state index contributed by atoms with van der Waals surface area (Å²) >= 11 is 0. The maximum absolute atomic E-state index is 12.4. The zero-order chi connectivity index (χ0) is 24.3. The molecular formula is C30H34O4. The van der Waals surface area contributed by atoms with Gasteiger partial charge in [-0.15, -0.1) is 0 Å². The molecule has 0 N–H and O–H groups in total. The largest absolute Gasteiger partial charge is 0.340 e. The highest BCUT2D eigenvalue weighted by atomic mass is 16.7. The lowest BCUT2D eigenvalue weighted by atomic mass is 9.66. The van der Waals surface area contributed by atoms with Gasteiger partial charge >= 0.3 is 0 Å². The number of ketones is 2. The Morgan fingerprint density at radius 1 is 0.765 bits per heavy atom. The van der Waals surface area contributed by atoms with E-state index in [-0.39, 0.29) is 22.4 Å². The van der Waals surface area contributed by atoms with Crippen molar-refractivity contribution in [3.8, 4) is 0 Å². The molecule has 0 unspecified atom stereocenters. The number of fused-ring (bicyclic) bond motifs is 1. The van der Waals surface area contributed by atoms with Crippen LogP contribution in [0.3, 0.4) is 0 Å². The predicted molar refractivity (Wildman–Crippen MR) is 132 cm³/mol. The number of ether oxygens (including phenoxy) is 2.